The Morgan fingerprint density at radius 1 is 1.62 bits per heavy atom. The van der Waals surface area contributed by atoms with E-state index in [1.807, 2.05) is 0 Å². The van der Waals surface area contributed by atoms with E-state index in [1.54, 1.807) is 20.3 Å². The monoisotopic (exact) mass is 311 g/mol. The first-order valence-electron chi connectivity index (χ1n) is 6.75. The third-order valence-corrected chi connectivity index (χ3v) is 4.71. The molecule has 0 aromatic carbocycles. The van der Waals surface area contributed by atoms with E-state index in [0.717, 1.165) is 24.5 Å². The van der Waals surface area contributed by atoms with Gasteiger partial charge >= 0.3 is 0 Å². The maximum Gasteiger partial charge on any atom is 0.263 e. The van der Waals surface area contributed by atoms with E-state index in [1.165, 1.54) is 11.3 Å². The van der Waals surface area contributed by atoms with Crippen LogP contribution in [-0.4, -0.2) is 45.9 Å². The first-order chi connectivity index (χ1) is 10.1. The number of nitrogens with two attached hydrogens (primary N) is 1. The first-order valence-corrected chi connectivity index (χ1v) is 7.57. The zero-order chi connectivity index (χ0) is 15.4. The standard InChI is InChI=1S/C14H21N3O3S/c1-4-6-16-13(18)12-10(15)11(20-3)14(21-12)17-7-5-9(8-17)19-2/h4,9H,1,5-8,15H2,2-3H3,(H,16,18). The van der Waals surface area contributed by atoms with E-state index in [-0.39, 0.29) is 12.0 Å². The highest BCUT2D eigenvalue weighted by atomic mass is 32.1. The van der Waals surface area contributed by atoms with Crippen LogP contribution in [0, 0.1) is 0 Å². The Morgan fingerprint density at radius 3 is 2.95 bits per heavy atom. The molecule has 1 fully saturated rings. The molecule has 2 heterocycles. The summed E-state index contributed by atoms with van der Waals surface area (Å²) in [5, 5.41) is 3.63. The van der Waals surface area contributed by atoms with Gasteiger partial charge in [0, 0.05) is 26.7 Å². The molecule has 116 valence electrons. The van der Waals surface area contributed by atoms with Gasteiger partial charge in [-0.05, 0) is 6.42 Å². The number of nitrogen functional groups attached to an aromatic ring is 1. The first kappa shape index (κ1) is 15.7. The lowest BCUT2D eigenvalue weighted by Crippen LogP contribution is -2.23. The van der Waals surface area contributed by atoms with Crippen molar-refractivity contribution in [1.82, 2.24) is 5.32 Å². The summed E-state index contributed by atoms with van der Waals surface area (Å²) in [6.45, 7) is 5.63. The van der Waals surface area contributed by atoms with Gasteiger partial charge in [-0.15, -0.1) is 17.9 Å². The van der Waals surface area contributed by atoms with Crippen molar-refractivity contribution in [1.29, 1.82) is 0 Å². The number of anilines is 2. The molecule has 1 aliphatic heterocycles. The zero-order valence-corrected chi connectivity index (χ0v) is 13.2. The molecule has 7 heteroatoms. The second kappa shape index (κ2) is 6.82. The molecular formula is C14H21N3O3S. The van der Waals surface area contributed by atoms with Crippen LogP contribution in [0.3, 0.4) is 0 Å². The van der Waals surface area contributed by atoms with Gasteiger partial charge in [-0.1, -0.05) is 6.08 Å². The third-order valence-electron chi connectivity index (χ3n) is 3.47. The predicted octanol–water partition coefficient (Wildman–Crippen LogP) is 1.48. The lowest BCUT2D eigenvalue weighted by molar-refractivity contribution is 0.0962. The van der Waals surface area contributed by atoms with Gasteiger partial charge in [0.05, 0.1) is 13.2 Å². The number of nitrogens with zero attached hydrogens (tertiary/aromatic N) is 1. The van der Waals surface area contributed by atoms with Crippen LogP contribution in [-0.2, 0) is 4.74 Å². The van der Waals surface area contributed by atoms with Crippen LogP contribution in [0.2, 0.25) is 0 Å². The fraction of sp³-hybridized carbons (Fsp3) is 0.500. The van der Waals surface area contributed by atoms with Crippen molar-refractivity contribution in [2.45, 2.75) is 12.5 Å². The van der Waals surface area contributed by atoms with Crippen molar-refractivity contribution < 1.29 is 14.3 Å². The van der Waals surface area contributed by atoms with E-state index in [9.17, 15) is 4.79 Å². The summed E-state index contributed by atoms with van der Waals surface area (Å²) in [5.74, 6) is 0.366. The summed E-state index contributed by atoms with van der Waals surface area (Å²) in [4.78, 5) is 14.7. The molecule has 1 aromatic rings. The lowest BCUT2D eigenvalue weighted by Gasteiger charge is -2.17. The summed E-state index contributed by atoms with van der Waals surface area (Å²) >= 11 is 1.35. The Labute approximate surface area is 128 Å². The number of nitrogens with one attached hydrogen (secondary N) is 1. The Hall–Kier alpha value is -1.73. The van der Waals surface area contributed by atoms with Gasteiger partial charge in [-0.3, -0.25) is 4.79 Å². The number of rotatable bonds is 6. The highest BCUT2D eigenvalue weighted by Crippen LogP contribution is 2.45. The van der Waals surface area contributed by atoms with Crippen LogP contribution >= 0.6 is 11.3 Å². The minimum Gasteiger partial charge on any atom is -0.492 e. The molecule has 0 radical (unpaired) electrons. The van der Waals surface area contributed by atoms with Crippen molar-refractivity contribution in [3.8, 4) is 5.75 Å². The van der Waals surface area contributed by atoms with Crippen molar-refractivity contribution >= 4 is 27.9 Å². The van der Waals surface area contributed by atoms with E-state index in [0.29, 0.717) is 22.9 Å². The topological polar surface area (TPSA) is 76.8 Å². The zero-order valence-electron chi connectivity index (χ0n) is 12.3. The van der Waals surface area contributed by atoms with Crippen molar-refractivity contribution in [2.24, 2.45) is 0 Å². The second-order valence-corrected chi connectivity index (χ2v) is 5.77. The van der Waals surface area contributed by atoms with Crippen LogP contribution in [0.15, 0.2) is 12.7 Å². The number of hydrogen-bond donors (Lipinski definition) is 2. The van der Waals surface area contributed by atoms with Gasteiger partial charge in [0.25, 0.3) is 5.91 Å². The molecule has 1 aliphatic rings. The van der Waals surface area contributed by atoms with Gasteiger partial charge in [0.15, 0.2) is 5.75 Å². The molecular weight excluding hydrogens is 290 g/mol. The Kier molecular flexibility index (Phi) is 5.08. The Morgan fingerprint density at radius 2 is 2.38 bits per heavy atom. The summed E-state index contributed by atoms with van der Waals surface area (Å²) in [6, 6.07) is 0. The smallest absolute Gasteiger partial charge is 0.263 e. The minimum atomic E-state index is -0.204. The van der Waals surface area contributed by atoms with Crippen LogP contribution in [0.25, 0.3) is 0 Å². The number of carbonyl (C=O) groups is 1. The minimum absolute atomic E-state index is 0.204. The Balaban J connectivity index is 2.26. The van der Waals surface area contributed by atoms with E-state index in [2.05, 4.69) is 16.8 Å². The average molecular weight is 311 g/mol. The number of thiophene rings is 1. The summed E-state index contributed by atoms with van der Waals surface area (Å²) in [6.07, 6.45) is 2.79. The summed E-state index contributed by atoms with van der Waals surface area (Å²) in [7, 11) is 3.28. The SMILES string of the molecule is C=CCNC(=O)c1sc(N2CCC(OC)C2)c(OC)c1N. The number of amides is 1. The van der Waals surface area contributed by atoms with Crippen LogP contribution in [0.5, 0.6) is 5.75 Å². The highest BCUT2D eigenvalue weighted by molar-refractivity contribution is 7.19. The molecule has 1 saturated heterocycles. The van der Waals surface area contributed by atoms with Crippen molar-refractivity contribution in [3.05, 3.63) is 17.5 Å². The van der Waals surface area contributed by atoms with Crippen molar-refractivity contribution in [2.75, 3.05) is 44.5 Å². The largest absolute Gasteiger partial charge is 0.492 e. The van der Waals surface area contributed by atoms with Crippen molar-refractivity contribution in [3.63, 3.8) is 0 Å². The number of methoxy groups -OCH3 is 2. The lowest BCUT2D eigenvalue weighted by atomic mass is 10.3. The van der Waals surface area contributed by atoms with Gasteiger partial charge in [-0.25, -0.2) is 0 Å². The van der Waals surface area contributed by atoms with Crippen LogP contribution in [0.1, 0.15) is 16.1 Å². The molecule has 21 heavy (non-hydrogen) atoms. The second-order valence-electron chi connectivity index (χ2n) is 4.77. The van der Waals surface area contributed by atoms with E-state index in [4.69, 9.17) is 15.2 Å². The average Bonchev–Trinajstić information content (AvgIpc) is 3.08. The molecule has 1 atom stereocenters. The number of hydrogen-bond acceptors (Lipinski definition) is 6. The van der Waals surface area contributed by atoms with Gasteiger partial charge in [0.1, 0.15) is 15.6 Å². The van der Waals surface area contributed by atoms with Crippen LogP contribution in [0.4, 0.5) is 10.7 Å². The fourth-order valence-corrected chi connectivity index (χ4v) is 3.48. The van der Waals surface area contributed by atoms with Crippen LogP contribution < -0.4 is 20.7 Å². The summed E-state index contributed by atoms with van der Waals surface area (Å²) in [5.41, 5.74) is 6.45. The van der Waals surface area contributed by atoms with E-state index >= 15 is 0 Å². The molecule has 1 aromatic heterocycles. The quantitative estimate of drug-likeness (QED) is 0.778. The molecule has 0 aliphatic carbocycles. The molecule has 2 rings (SSSR count). The summed E-state index contributed by atoms with van der Waals surface area (Å²) < 4.78 is 10.8. The maximum atomic E-state index is 12.1. The third kappa shape index (κ3) is 3.14. The number of carbonyl (C=O) groups excluding carboxylic acids is 1. The van der Waals surface area contributed by atoms with E-state index < -0.39 is 0 Å². The van der Waals surface area contributed by atoms with Gasteiger partial charge in [0.2, 0.25) is 0 Å². The number of ether oxygens (including phenoxy) is 2. The fourth-order valence-electron chi connectivity index (χ4n) is 2.34. The van der Waals surface area contributed by atoms with Gasteiger partial charge in [-0.2, -0.15) is 0 Å². The normalized spacial score (nSPS) is 17.8. The van der Waals surface area contributed by atoms with Gasteiger partial charge < -0.3 is 25.4 Å². The molecule has 0 bridgehead atoms. The highest BCUT2D eigenvalue weighted by Gasteiger charge is 2.30. The molecule has 0 saturated carbocycles. The molecule has 1 unspecified atom stereocenters. The Bertz CT molecular complexity index is 530. The molecule has 0 spiro atoms. The predicted molar refractivity (Wildman–Crippen MR) is 85.4 cm³/mol. The molecule has 6 nitrogen and oxygen atoms in total. The maximum absolute atomic E-state index is 12.1. The molecule has 1 amide bonds. The molecule has 3 N–H and O–H groups in total.